The van der Waals surface area contributed by atoms with Crippen LogP contribution >= 0.6 is 11.6 Å². The first-order valence-electron chi connectivity index (χ1n) is 6.40. The molecule has 0 radical (unpaired) electrons. The molecule has 4 nitrogen and oxygen atoms in total. The predicted molar refractivity (Wildman–Crippen MR) is 68.1 cm³/mol. The van der Waals surface area contributed by atoms with Crippen molar-refractivity contribution < 1.29 is 4.42 Å². The quantitative estimate of drug-likeness (QED) is 0.821. The van der Waals surface area contributed by atoms with E-state index in [0.717, 1.165) is 18.4 Å². The number of rotatable bonds is 5. The number of aromatic nitrogens is 2. The number of anilines is 1. The third kappa shape index (κ3) is 3.87. The fraction of sp³-hybridized carbons (Fsp3) is 0.833. The molecule has 1 aromatic rings. The van der Waals surface area contributed by atoms with Gasteiger partial charge in [-0.3, -0.25) is 0 Å². The van der Waals surface area contributed by atoms with Crippen LogP contribution in [0.3, 0.4) is 0 Å². The lowest BCUT2D eigenvalue weighted by atomic mass is 9.81. The largest absolute Gasteiger partial charge is 0.407 e. The van der Waals surface area contributed by atoms with Crippen LogP contribution in [0.25, 0.3) is 0 Å². The van der Waals surface area contributed by atoms with E-state index < -0.39 is 0 Å². The first-order valence-corrected chi connectivity index (χ1v) is 6.93. The van der Waals surface area contributed by atoms with Gasteiger partial charge < -0.3 is 9.73 Å². The Hall–Kier alpha value is -0.770. The van der Waals surface area contributed by atoms with E-state index in [9.17, 15) is 0 Å². The molecule has 0 unspecified atom stereocenters. The van der Waals surface area contributed by atoms with Gasteiger partial charge in [0, 0.05) is 6.54 Å². The Bertz CT molecular complexity index is 334. The first kappa shape index (κ1) is 12.7. The van der Waals surface area contributed by atoms with Crippen LogP contribution in [0, 0.1) is 11.8 Å². The predicted octanol–water partition coefficient (Wildman–Crippen LogP) is 3.44. The van der Waals surface area contributed by atoms with Gasteiger partial charge in [0.2, 0.25) is 5.89 Å². The van der Waals surface area contributed by atoms with Gasteiger partial charge in [-0.1, -0.05) is 37.7 Å². The highest BCUT2D eigenvalue weighted by Crippen LogP contribution is 2.30. The molecule has 1 heterocycles. The molecule has 0 bridgehead atoms. The van der Waals surface area contributed by atoms with Gasteiger partial charge in [0.05, 0.1) is 0 Å². The van der Waals surface area contributed by atoms with Crippen molar-refractivity contribution >= 4 is 17.6 Å². The van der Waals surface area contributed by atoms with Gasteiger partial charge in [0.15, 0.2) is 0 Å². The van der Waals surface area contributed by atoms with Crippen LogP contribution in [-0.2, 0) is 5.88 Å². The molecule has 0 spiro atoms. The zero-order chi connectivity index (χ0) is 12.1. The maximum Gasteiger partial charge on any atom is 0.315 e. The molecule has 1 N–H and O–H groups in total. The molecule has 1 aliphatic carbocycles. The molecule has 5 heteroatoms. The zero-order valence-electron chi connectivity index (χ0n) is 10.3. The third-order valence-corrected chi connectivity index (χ3v) is 3.77. The van der Waals surface area contributed by atoms with E-state index in [2.05, 4.69) is 22.4 Å². The third-order valence-electron chi connectivity index (χ3n) is 3.55. The molecule has 0 saturated heterocycles. The van der Waals surface area contributed by atoms with Gasteiger partial charge in [-0.25, -0.2) is 0 Å². The molecular weight excluding hydrogens is 238 g/mol. The molecule has 96 valence electrons. The van der Waals surface area contributed by atoms with Gasteiger partial charge >= 0.3 is 6.01 Å². The summed E-state index contributed by atoms with van der Waals surface area (Å²) in [6.45, 7) is 3.25. The molecule has 0 atom stereocenters. The van der Waals surface area contributed by atoms with Crippen LogP contribution in [0.1, 0.15) is 44.9 Å². The van der Waals surface area contributed by atoms with Crippen molar-refractivity contribution in [3.05, 3.63) is 5.89 Å². The van der Waals surface area contributed by atoms with E-state index in [1.54, 1.807) is 0 Å². The lowest BCUT2D eigenvalue weighted by Gasteiger charge is -2.25. The Labute approximate surface area is 107 Å². The molecule has 2 rings (SSSR count). The highest BCUT2D eigenvalue weighted by molar-refractivity contribution is 6.16. The summed E-state index contributed by atoms with van der Waals surface area (Å²) in [7, 11) is 0. The Balaban J connectivity index is 1.65. The number of nitrogens with one attached hydrogen (secondary N) is 1. The number of hydrogen-bond donors (Lipinski definition) is 1. The van der Waals surface area contributed by atoms with Crippen LogP contribution in [-0.4, -0.2) is 16.7 Å². The van der Waals surface area contributed by atoms with Crippen LogP contribution in [0.4, 0.5) is 6.01 Å². The smallest absolute Gasteiger partial charge is 0.315 e. The average molecular weight is 258 g/mol. The van der Waals surface area contributed by atoms with E-state index in [1.165, 1.54) is 32.1 Å². The Morgan fingerprint density at radius 2 is 2.06 bits per heavy atom. The standard InChI is InChI=1S/C12H20ClN3O/c1-9-2-4-10(5-3-9)6-7-14-12-16-15-11(8-13)17-12/h9-10H,2-8H2,1H3,(H,14,16). The van der Waals surface area contributed by atoms with Crippen LogP contribution in [0.15, 0.2) is 4.42 Å². The SMILES string of the molecule is CC1CCC(CCNc2nnc(CCl)o2)CC1. The van der Waals surface area contributed by atoms with Crippen molar-refractivity contribution in [2.75, 3.05) is 11.9 Å². The minimum absolute atomic E-state index is 0.273. The maximum atomic E-state index is 5.59. The van der Waals surface area contributed by atoms with E-state index in [1.807, 2.05) is 0 Å². The molecule has 17 heavy (non-hydrogen) atoms. The highest BCUT2D eigenvalue weighted by Gasteiger charge is 2.17. The second-order valence-corrected chi connectivity index (χ2v) is 5.24. The second-order valence-electron chi connectivity index (χ2n) is 4.98. The topological polar surface area (TPSA) is 51.0 Å². The van der Waals surface area contributed by atoms with Crippen molar-refractivity contribution in [3.8, 4) is 0 Å². The normalized spacial score (nSPS) is 24.8. The van der Waals surface area contributed by atoms with Crippen LogP contribution in [0.2, 0.25) is 0 Å². The monoisotopic (exact) mass is 257 g/mol. The molecule has 1 aromatic heterocycles. The Morgan fingerprint density at radius 3 is 2.71 bits per heavy atom. The van der Waals surface area contributed by atoms with Crippen molar-refractivity contribution in [3.63, 3.8) is 0 Å². The number of hydrogen-bond acceptors (Lipinski definition) is 4. The average Bonchev–Trinajstić information content (AvgIpc) is 2.80. The van der Waals surface area contributed by atoms with Gasteiger partial charge in [-0.05, 0) is 18.3 Å². The molecule has 0 amide bonds. The van der Waals surface area contributed by atoms with Gasteiger partial charge in [-0.2, -0.15) is 0 Å². The van der Waals surface area contributed by atoms with Gasteiger partial charge in [-0.15, -0.1) is 16.7 Å². The Morgan fingerprint density at radius 1 is 1.29 bits per heavy atom. The second kappa shape index (κ2) is 6.24. The lowest BCUT2D eigenvalue weighted by molar-refractivity contribution is 0.281. The van der Waals surface area contributed by atoms with Gasteiger partial charge in [0.1, 0.15) is 5.88 Å². The summed E-state index contributed by atoms with van der Waals surface area (Å²) < 4.78 is 5.27. The molecule has 0 aromatic carbocycles. The summed E-state index contributed by atoms with van der Waals surface area (Å²) in [5.41, 5.74) is 0. The number of nitrogens with zero attached hydrogens (tertiary/aromatic N) is 2. The van der Waals surface area contributed by atoms with Crippen molar-refractivity contribution in [1.82, 2.24) is 10.2 Å². The van der Waals surface area contributed by atoms with Crippen molar-refractivity contribution in [2.45, 2.75) is 44.9 Å². The zero-order valence-corrected chi connectivity index (χ0v) is 11.0. The minimum atomic E-state index is 0.273. The lowest BCUT2D eigenvalue weighted by Crippen LogP contribution is -2.15. The van der Waals surface area contributed by atoms with Crippen LogP contribution < -0.4 is 5.32 Å². The first-order chi connectivity index (χ1) is 8.28. The fourth-order valence-electron chi connectivity index (χ4n) is 2.38. The maximum absolute atomic E-state index is 5.59. The summed E-state index contributed by atoms with van der Waals surface area (Å²) in [5, 5.41) is 10.8. The molecule has 0 aliphatic heterocycles. The minimum Gasteiger partial charge on any atom is -0.407 e. The molecule has 1 aliphatic rings. The summed E-state index contributed by atoms with van der Waals surface area (Å²) >= 11 is 5.59. The molecular formula is C12H20ClN3O. The number of alkyl halides is 1. The number of halogens is 1. The van der Waals surface area contributed by atoms with E-state index in [-0.39, 0.29) is 5.88 Å². The van der Waals surface area contributed by atoms with Crippen molar-refractivity contribution in [1.29, 1.82) is 0 Å². The van der Waals surface area contributed by atoms with Crippen LogP contribution in [0.5, 0.6) is 0 Å². The summed E-state index contributed by atoms with van der Waals surface area (Å²) in [6, 6.07) is 0.491. The summed E-state index contributed by atoms with van der Waals surface area (Å²) in [4.78, 5) is 0. The summed E-state index contributed by atoms with van der Waals surface area (Å²) in [6.07, 6.45) is 6.66. The molecule has 1 fully saturated rings. The highest BCUT2D eigenvalue weighted by atomic mass is 35.5. The fourth-order valence-corrected chi connectivity index (χ4v) is 2.49. The summed E-state index contributed by atoms with van der Waals surface area (Å²) in [5.74, 6) is 2.52. The van der Waals surface area contributed by atoms with Crippen molar-refractivity contribution in [2.24, 2.45) is 11.8 Å². The van der Waals surface area contributed by atoms with E-state index in [0.29, 0.717) is 11.9 Å². The van der Waals surface area contributed by atoms with E-state index in [4.69, 9.17) is 16.0 Å². The Kier molecular flexibility index (Phi) is 4.66. The van der Waals surface area contributed by atoms with E-state index >= 15 is 0 Å². The molecule has 1 saturated carbocycles. The van der Waals surface area contributed by atoms with Gasteiger partial charge in [0.25, 0.3) is 0 Å².